The zero-order valence-corrected chi connectivity index (χ0v) is 16.8. The van der Waals surface area contributed by atoms with Crippen LogP contribution in [0.4, 0.5) is 0 Å². The normalized spacial score (nSPS) is 15.5. The molecule has 152 valence electrons. The van der Waals surface area contributed by atoms with Crippen molar-refractivity contribution in [2.24, 2.45) is 5.10 Å². The molecule has 0 saturated carbocycles. The van der Waals surface area contributed by atoms with Crippen LogP contribution >= 0.6 is 0 Å². The van der Waals surface area contributed by atoms with E-state index in [1.165, 1.54) is 18.9 Å². The van der Waals surface area contributed by atoms with E-state index < -0.39 is 12.2 Å². The first-order valence-electron chi connectivity index (χ1n) is 9.38. The number of nitrogens with zero attached hydrogens (tertiary/aromatic N) is 2. The molecule has 0 bridgehead atoms. The number of para-hydroxylation sites is 1. The van der Waals surface area contributed by atoms with Gasteiger partial charge in [0.2, 0.25) is 18.0 Å². The van der Waals surface area contributed by atoms with Crippen molar-refractivity contribution >= 4 is 28.5 Å². The van der Waals surface area contributed by atoms with Gasteiger partial charge in [0.1, 0.15) is 11.5 Å². The maximum absolute atomic E-state index is 12.4. The van der Waals surface area contributed by atoms with Crippen molar-refractivity contribution in [3.8, 4) is 11.5 Å². The van der Waals surface area contributed by atoms with Gasteiger partial charge in [-0.3, -0.25) is 9.59 Å². The van der Waals surface area contributed by atoms with E-state index in [4.69, 9.17) is 14.2 Å². The summed E-state index contributed by atoms with van der Waals surface area (Å²) in [6.07, 6.45) is -0.900. The molecule has 4 rings (SSSR count). The molecule has 1 heterocycles. The Labute approximate surface area is 173 Å². The van der Waals surface area contributed by atoms with Crippen molar-refractivity contribution in [1.82, 2.24) is 5.01 Å². The molecule has 0 saturated heterocycles. The molecule has 1 aliphatic rings. The number of hydrogen-bond acceptors (Lipinski definition) is 6. The second-order valence-corrected chi connectivity index (χ2v) is 6.73. The third-order valence-electron chi connectivity index (χ3n) is 4.74. The zero-order valence-electron chi connectivity index (χ0n) is 16.8. The third kappa shape index (κ3) is 3.45. The first-order valence-corrected chi connectivity index (χ1v) is 9.38. The van der Waals surface area contributed by atoms with E-state index in [0.29, 0.717) is 22.6 Å². The number of hydrazone groups is 1. The number of rotatable bonds is 4. The van der Waals surface area contributed by atoms with Gasteiger partial charge in [0, 0.05) is 13.8 Å². The molecule has 3 aromatic rings. The second-order valence-electron chi connectivity index (χ2n) is 6.73. The first-order chi connectivity index (χ1) is 14.5. The summed E-state index contributed by atoms with van der Waals surface area (Å²) in [6, 6.07) is 18.4. The number of esters is 1. The Morgan fingerprint density at radius 1 is 0.967 bits per heavy atom. The summed E-state index contributed by atoms with van der Waals surface area (Å²) in [5, 5.41) is 7.37. The van der Waals surface area contributed by atoms with Gasteiger partial charge in [-0.25, -0.2) is 0 Å². The lowest BCUT2D eigenvalue weighted by atomic mass is 10.0. The van der Waals surface area contributed by atoms with E-state index in [2.05, 4.69) is 5.10 Å². The minimum absolute atomic E-state index is 0.245. The number of methoxy groups -OCH3 is 1. The average Bonchev–Trinajstić information content (AvgIpc) is 3.18. The first kappa shape index (κ1) is 19.4. The van der Waals surface area contributed by atoms with E-state index in [1.54, 1.807) is 25.3 Å². The van der Waals surface area contributed by atoms with E-state index in [-0.39, 0.29) is 11.8 Å². The quantitative estimate of drug-likeness (QED) is 0.485. The topological polar surface area (TPSA) is 77.4 Å². The molecule has 0 radical (unpaired) electrons. The molecule has 0 N–H and O–H groups in total. The molecule has 1 amide bonds. The van der Waals surface area contributed by atoms with Gasteiger partial charge in [-0.05, 0) is 29.0 Å². The predicted octanol–water partition coefficient (Wildman–Crippen LogP) is 4.01. The third-order valence-corrected chi connectivity index (χ3v) is 4.74. The van der Waals surface area contributed by atoms with Crippen LogP contribution in [0.25, 0.3) is 10.8 Å². The van der Waals surface area contributed by atoms with Crippen LogP contribution in [-0.4, -0.2) is 29.9 Å². The highest BCUT2D eigenvalue weighted by Crippen LogP contribution is 2.41. The molecule has 1 aliphatic heterocycles. The molecule has 0 unspecified atom stereocenters. The van der Waals surface area contributed by atoms with Crippen molar-refractivity contribution in [2.75, 3.05) is 7.11 Å². The van der Waals surface area contributed by atoms with Crippen LogP contribution in [0.5, 0.6) is 11.5 Å². The average molecular weight is 404 g/mol. The highest BCUT2D eigenvalue weighted by molar-refractivity contribution is 5.99. The molecule has 7 heteroatoms. The van der Waals surface area contributed by atoms with Crippen molar-refractivity contribution in [3.63, 3.8) is 0 Å². The second kappa shape index (κ2) is 7.87. The molecular weight excluding hydrogens is 384 g/mol. The SMILES string of the molecule is COc1ccccc1C1=NN(C(C)=O)[C@H](c2c(OC(C)=O)ccc3ccccc23)O1. The molecule has 0 aliphatic carbocycles. The van der Waals surface area contributed by atoms with E-state index in [1.807, 2.05) is 42.5 Å². The van der Waals surface area contributed by atoms with Crippen molar-refractivity contribution < 1.29 is 23.8 Å². The van der Waals surface area contributed by atoms with Crippen LogP contribution < -0.4 is 9.47 Å². The summed E-state index contributed by atoms with van der Waals surface area (Å²) in [6.45, 7) is 2.73. The number of carbonyl (C=O) groups excluding carboxylic acids is 2. The number of benzene rings is 3. The lowest BCUT2D eigenvalue weighted by Gasteiger charge is -2.23. The summed E-state index contributed by atoms with van der Waals surface area (Å²) >= 11 is 0. The lowest BCUT2D eigenvalue weighted by Crippen LogP contribution is -2.26. The maximum Gasteiger partial charge on any atom is 0.308 e. The fraction of sp³-hybridized carbons (Fsp3) is 0.174. The van der Waals surface area contributed by atoms with Gasteiger partial charge in [0.15, 0.2) is 0 Å². The highest BCUT2D eigenvalue weighted by Gasteiger charge is 2.37. The minimum Gasteiger partial charge on any atom is -0.496 e. The molecule has 0 aromatic heterocycles. The number of hydrogen-bond donors (Lipinski definition) is 0. The van der Waals surface area contributed by atoms with Crippen LogP contribution in [0.1, 0.15) is 31.2 Å². The van der Waals surface area contributed by atoms with Crippen molar-refractivity contribution in [2.45, 2.75) is 20.1 Å². The van der Waals surface area contributed by atoms with Crippen LogP contribution in [0, 0.1) is 0 Å². The van der Waals surface area contributed by atoms with Crippen LogP contribution in [-0.2, 0) is 14.3 Å². The van der Waals surface area contributed by atoms with Gasteiger partial charge in [-0.2, -0.15) is 5.01 Å². The Hall–Kier alpha value is -3.87. The molecule has 1 atom stereocenters. The lowest BCUT2D eigenvalue weighted by molar-refractivity contribution is -0.135. The van der Waals surface area contributed by atoms with Gasteiger partial charge in [0.05, 0.1) is 18.2 Å². The Balaban J connectivity index is 1.87. The highest BCUT2D eigenvalue weighted by atomic mass is 16.6. The van der Waals surface area contributed by atoms with Crippen molar-refractivity contribution in [1.29, 1.82) is 0 Å². The Morgan fingerprint density at radius 2 is 1.70 bits per heavy atom. The number of ether oxygens (including phenoxy) is 3. The number of carbonyl (C=O) groups is 2. The fourth-order valence-electron chi connectivity index (χ4n) is 3.46. The largest absolute Gasteiger partial charge is 0.496 e. The number of amides is 1. The fourth-order valence-corrected chi connectivity index (χ4v) is 3.46. The van der Waals surface area contributed by atoms with Gasteiger partial charge in [0.25, 0.3) is 0 Å². The van der Waals surface area contributed by atoms with Gasteiger partial charge < -0.3 is 14.2 Å². The van der Waals surface area contributed by atoms with Crippen LogP contribution in [0.15, 0.2) is 65.8 Å². The minimum atomic E-state index is -0.900. The summed E-state index contributed by atoms with van der Waals surface area (Å²) in [4.78, 5) is 24.1. The van der Waals surface area contributed by atoms with Crippen LogP contribution in [0.2, 0.25) is 0 Å². The zero-order chi connectivity index (χ0) is 21.3. The van der Waals surface area contributed by atoms with E-state index >= 15 is 0 Å². The maximum atomic E-state index is 12.4. The van der Waals surface area contributed by atoms with Crippen LogP contribution in [0.3, 0.4) is 0 Å². The standard InChI is InChI=1S/C23H20N2O5/c1-14(26)25-23(30-22(24-25)18-10-6-7-11-19(18)28-3)21-17-9-5-4-8-16(17)12-13-20(21)29-15(2)27/h4-13,23H,1-3H3/t23-/m0/s1. The monoisotopic (exact) mass is 404 g/mol. The summed E-state index contributed by atoms with van der Waals surface area (Å²) in [5.41, 5.74) is 1.16. The Bertz CT molecular complexity index is 1170. The molecule has 30 heavy (non-hydrogen) atoms. The molecule has 0 spiro atoms. The van der Waals surface area contributed by atoms with Gasteiger partial charge in [-0.1, -0.05) is 42.5 Å². The van der Waals surface area contributed by atoms with Crippen molar-refractivity contribution in [3.05, 3.63) is 71.8 Å². The molecular formula is C23H20N2O5. The van der Waals surface area contributed by atoms with E-state index in [9.17, 15) is 9.59 Å². The van der Waals surface area contributed by atoms with Gasteiger partial charge in [-0.15, -0.1) is 5.10 Å². The van der Waals surface area contributed by atoms with Gasteiger partial charge >= 0.3 is 5.97 Å². The Morgan fingerprint density at radius 3 is 2.43 bits per heavy atom. The molecule has 7 nitrogen and oxygen atoms in total. The smallest absolute Gasteiger partial charge is 0.308 e. The summed E-state index contributed by atoms with van der Waals surface area (Å²) in [7, 11) is 1.55. The summed E-state index contributed by atoms with van der Waals surface area (Å²) in [5.74, 6) is 0.346. The molecule has 0 fully saturated rings. The van der Waals surface area contributed by atoms with E-state index in [0.717, 1.165) is 10.8 Å². The molecule has 3 aromatic carbocycles. The Kier molecular flexibility index (Phi) is 5.10. The number of fused-ring (bicyclic) bond motifs is 1. The summed E-state index contributed by atoms with van der Waals surface area (Å²) < 4.78 is 17.0. The predicted molar refractivity (Wildman–Crippen MR) is 111 cm³/mol.